The fraction of sp³-hybridized carbons (Fsp3) is 0.946. The van der Waals surface area contributed by atoms with E-state index in [2.05, 4.69) is 48.5 Å². The first kappa shape index (κ1) is 91.1. The zero-order valence-electron chi connectivity index (χ0n) is 60.7. The molecule has 0 aromatic rings. The number of unbranched alkanes of at least 4 members (excludes halogenated alkanes) is 38. The molecule has 3 N–H and O–H groups in total. The molecule has 0 aromatic carbocycles. The normalized spacial score (nSPS) is 14.7. The molecule has 4 unspecified atom stereocenters. The standard InChI is InChI=1S/C74H144O17P2/c1-8-11-12-13-14-15-16-17-18-28-36-43-50-57-73(78)90-70(62-85-72(77)56-49-42-35-30-23-24-31-38-45-52-65(4)5)64-89-93(82,83)87-60-68(75)59-86-92(80,81)88-63-69(91-74(79)58-51-44-37-29-22-20-26-33-40-47-54-67(7)10-3)61-84-71(76)55-48-41-34-27-21-19-25-32-39-46-53-66(6)9-2/h65-70,75H,8-64H2,1-7H3,(H,80,81)(H,82,83)/t66?,67?,68-,69-,70-/m1/s1. The van der Waals surface area contributed by atoms with Gasteiger partial charge in [-0.15, -0.1) is 0 Å². The lowest BCUT2D eigenvalue weighted by Gasteiger charge is -2.21. The average molecular weight is 1370 g/mol. The number of hydrogen-bond acceptors (Lipinski definition) is 15. The topological polar surface area (TPSA) is 237 Å². The van der Waals surface area contributed by atoms with Crippen LogP contribution < -0.4 is 0 Å². The molecule has 552 valence electrons. The Kier molecular flexibility index (Phi) is 63.4. The molecule has 0 bridgehead atoms. The summed E-state index contributed by atoms with van der Waals surface area (Å²) in [5, 5.41) is 10.6. The Bertz CT molecular complexity index is 1820. The van der Waals surface area contributed by atoms with Crippen molar-refractivity contribution in [2.45, 2.75) is 394 Å². The largest absolute Gasteiger partial charge is 0.472 e. The van der Waals surface area contributed by atoms with Crippen LogP contribution in [0.4, 0.5) is 0 Å². The Morgan fingerprint density at radius 2 is 0.548 bits per heavy atom. The molecule has 0 fully saturated rings. The number of carbonyl (C=O) groups excluding carboxylic acids is 4. The minimum Gasteiger partial charge on any atom is -0.462 e. The van der Waals surface area contributed by atoms with Crippen LogP contribution in [-0.4, -0.2) is 96.7 Å². The molecular formula is C74H144O17P2. The third kappa shape index (κ3) is 65.8. The first-order chi connectivity index (χ1) is 44.8. The van der Waals surface area contributed by atoms with E-state index in [1.54, 1.807) is 0 Å². The third-order valence-electron chi connectivity index (χ3n) is 17.9. The Balaban J connectivity index is 5.28. The van der Waals surface area contributed by atoms with Gasteiger partial charge in [0.05, 0.1) is 26.4 Å². The number of rotatable bonds is 72. The molecule has 0 aliphatic rings. The van der Waals surface area contributed by atoms with Gasteiger partial charge in [-0.3, -0.25) is 37.3 Å². The van der Waals surface area contributed by atoms with Gasteiger partial charge in [-0.2, -0.15) is 0 Å². The maximum absolute atomic E-state index is 13.1. The van der Waals surface area contributed by atoms with E-state index in [0.717, 1.165) is 108 Å². The van der Waals surface area contributed by atoms with Crippen LogP contribution in [0.5, 0.6) is 0 Å². The summed E-state index contributed by atoms with van der Waals surface area (Å²) in [6.45, 7) is 11.9. The van der Waals surface area contributed by atoms with Crippen LogP contribution in [0.25, 0.3) is 0 Å². The maximum atomic E-state index is 13.1. The van der Waals surface area contributed by atoms with Gasteiger partial charge in [0.2, 0.25) is 0 Å². The van der Waals surface area contributed by atoms with Crippen LogP contribution in [0.15, 0.2) is 0 Å². The van der Waals surface area contributed by atoms with E-state index < -0.39 is 97.5 Å². The Labute approximate surface area is 568 Å². The number of hydrogen-bond donors (Lipinski definition) is 3. The number of phosphoric ester groups is 2. The van der Waals surface area contributed by atoms with E-state index in [-0.39, 0.29) is 25.7 Å². The fourth-order valence-corrected chi connectivity index (χ4v) is 12.8. The Hall–Kier alpha value is -1.94. The lowest BCUT2D eigenvalue weighted by atomic mass is 9.99. The van der Waals surface area contributed by atoms with E-state index in [1.807, 2.05) is 0 Å². The second-order valence-corrected chi connectivity index (χ2v) is 30.6. The molecule has 0 saturated heterocycles. The first-order valence-corrected chi connectivity index (χ1v) is 41.4. The molecule has 17 nitrogen and oxygen atoms in total. The van der Waals surface area contributed by atoms with Crippen molar-refractivity contribution in [3.05, 3.63) is 0 Å². The zero-order valence-corrected chi connectivity index (χ0v) is 62.5. The van der Waals surface area contributed by atoms with Crippen LogP contribution in [0.3, 0.4) is 0 Å². The molecule has 19 heteroatoms. The van der Waals surface area contributed by atoms with Crippen LogP contribution >= 0.6 is 15.6 Å². The maximum Gasteiger partial charge on any atom is 0.472 e. The molecule has 0 spiro atoms. The second kappa shape index (κ2) is 64.7. The summed E-state index contributed by atoms with van der Waals surface area (Å²) in [5.74, 6) is 0.238. The predicted octanol–water partition coefficient (Wildman–Crippen LogP) is 21.4. The third-order valence-corrected chi connectivity index (χ3v) is 19.8. The van der Waals surface area contributed by atoms with Crippen molar-refractivity contribution in [2.75, 3.05) is 39.6 Å². The van der Waals surface area contributed by atoms with E-state index in [4.69, 9.17) is 37.0 Å². The van der Waals surface area contributed by atoms with Crippen LogP contribution in [-0.2, 0) is 65.4 Å². The minimum absolute atomic E-state index is 0.106. The summed E-state index contributed by atoms with van der Waals surface area (Å²) in [4.78, 5) is 72.8. The van der Waals surface area contributed by atoms with E-state index in [9.17, 15) is 43.2 Å². The number of phosphoric acid groups is 2. The van der Waals surface area contributed by atoms with Crippen molar-refractivity contribution < 1.29 is 80.2 Å². The van der Waals surface area contributed by atoms with Crippen LogP contribution in [0.1, 0.15) is 376 Å². The second-order valence-electron chi connectivity index (χ2n) is 27.6. The van der Waals surface area contributed by atoms with Gasteiger partial charge < -0.3 is 33.8 Å². The number of aliphatic hydroxyl groups excluding tert-OH is 1. The first-order valence-electron chi connectivity index (χ1n) is 38.4. The highest BCUT2D eigenvalue weighted by molar-refractivity contribution is 7.47. The van der Waals surface area contributed by atoms with Gasteiger partial charge in [-0.25, -0.2) is 9.13 Å². The highest BCUT2D eigenvalue weighted by atomic mass is 31.2. The lowest BCUT2D eigenvalue weighted by Crippen LogP contribution is -2.30. The summed E-state index contributed by atoms with van der Waals surface area (Å²) in [7, 11) is -9.91. The minimum atomic E-state index is -4.96. The van der Waals surface area contributed by atoms with Gasteiger partial charge in [0.1, 0.15) is 19.3 Å². The Morgan fingerprint density at radius 1 is 0.312 bits per heavy atom. The van der Waals surface area contributed by atoms with E-state index in [1.165, 1.54) is 186 Å². The SMILES string of the molecule is CCCCCCCCCCCCCCCC(=O)O[C@H](COC(=O)CCCCCCCCCCCC(C)C)COP(=O)(O)OC[C@H](O)COP(=O)(O)OC[C@@H](COC(=O)CCCCCCCCCCCCC(C)CC)OC(=O)CCCCCCCCCCCCC(C)CC. The molecule has 0 aliphatic heterocycles. The van der Waals surface area contributed by atoms with Crippen molar-refractivity contribution in [1.82, 2.24) is 0 Å². The van der Waals surface area contributed by atoms with Gasteiger partial charge in [-0.1, -0.05) is 325 Å². The molecule has 0 aliphatic carbocycles. The van der Waals surface area contributed by atoms with Gasteiger partial charge in [0.25, 0.3) is 0 Å². The van der Waals surface area contributed by atoms with Crippen molar-refractivity contribution in [3.63, 3.8) is 0 Å². The highest BCUT2D eigenvalue weighted by Crippen LogP contribution is 2.45. The van der Waals surface area contributed by atoms with E-state index >= 15 is 0 Å². The molecular weight excluding hydrogens is 1220 g/mol. The van der Waals surface area contributed by atoms with Gasteiger partial charge in [0, 0.05) is 25.7 Å². The van der Waals surface area contributed by atoms with Crippen molar-refractivity contribution >= 4 is 39.5 Å². The molecule has 0 saturated carbocycles. The van der Waals surface area contributed by atoms with Gasteiger partial charge >= 0.3 is 39.5 Å². The van der Waals surface area contributed by atoms with E-state index in [0.29, 0.717) is 25.7 Å². The summed E-state index contributed by atoms with van der Waals surface area (Å²) in [6.07, 6.45) is 49.7. The molecule has 93 heavy (non-hydrogen) atoms. The Morgan fingerprint density at radius 3 is 0.817 bits per heavy atom. The smallest absolute Gasteiger partial charge is 0.462 e. The summed E-state index contributed by atoms with van der Waals surface area (Å²) < 4.78 is 68.5. The number of carbonyl (C=O) groups is 4. The molecule has 0 radical (unpaired) electrons. The van der Waals surface area contributed by atoms with Gasteiger partial charge in [-0.05, 0) is 43.4 Å². The molecule has 7 atom stereocenters. The quantitative estimate of drug-likeness (QED) is 0.0222. The summed E-state index contributed by atoms with van der Waals surface area (Å²) in [5.41, 5.74) is 0. The summed E-state index contributed by atoms with van der Waals surface area (Å²) in [6, 6.07) is 0. The van der Waals surface area contributed by atoms with Crippen LogP contribution in [0.2, 0.25) is 0 Å². The molecule has 0 rings (SSSR count). The number of aliphatic hydroxyl groups is 1. The predicted molar refractivity (Wildman–Crippen MR) is 377 cm³/mol. The molecule has 0 aromatic heterocycles. The highest BCUT2D eigenvalue weighted by Gasteiger charge is 2.30. The van der Waals surface area contributed by atoms with Crippen LogP contribution in [0, 0.1) is 17.8 Å². The van der Waals surface area contributed by atoms with Crippen molar-refractivity contribution in [3.8, 4) is 0 Å². The van der Waals surface area contributed by atoms with Gasteiger partial charge in [0.15, 0.2) is 12.2 Å². The monoisotopic (exact) mass is 1370 g/mol. The molecule has 0 heterocycles. The number of esters is 4. The van der Waals surface area contributed by atoms with Crippen molar-refractivity contribution in [2.24, 2.45) is 17.8 Å². The fourth-order valence-electron chi connectivity index (χ4n) is 11.2. The summed E-state index contributed by atoms with van der Waals surface area (Å²) >= 11 is 0. The number of ether oxygens (including phenoxy) is 4. The lowest BCUT2D eigenvalue weighted by molar-refractivity contribution is -0.161. The van der Waals surface area contributed by atoms with Crippen molar-refractivity contribution in [1.29, 1.82) is 0 Å². The zero-order chi connectivity index (χ0) is 68.7. The average Bonchev–Trinajstić information content (AvgIpc) is 3.34. The molecule has 0 amide bonds.